The van der Waals surface area contributed by atoms with Crippen molar-refractivity contribution in [1.29, 1.82) is 0 Å². The van der Waals surface area contributed by atoms with Gasteiger partial charge in [-0.15, -0.1) is 0 Å². The molecule has 3 nitrogen and oxygen atoms in total. The zero-order chi connectivity index (χ0) is 13.0. The predicted molar refractivity (Wildman–Crippen MR) is 72.3 cm³/mol. The van der Waals surface area contributed by atoms with Gasteiger partial charge in [-0.1, -0.05) is 33.6 Å². The maximum Gasteiger partial charge on any atom is 0.317 e. The van der Waals surface area contributed by atoms with Crippen LogP contribution in [-0.4, -0.2) is 28.6 Å². The maximum atomic E-state index is 10.8. The van der Waals surface area contributed by atoms with Crippen LogP contribution in [0.4, 0.5) is 0 Å². The molecule has 0 amide bonds. The number of halogens is 2. The van der Waals surface area contributed by atoms with Gasteiger partial charge in [0.2, 0.25) is 0 Å². The second kappa shape index (κ2) is 6.38. The number of hydrogen-bond acceptors (Lipinski definition) is 2. The molecule has 0 atom stereocenters. The number of rotatable bonds is 5. The van der Waals surface area contributed by atoms with Crippen molar-refractivity contribution in [1.82, 2.24) is 4.90 Å². The summed E-state index contributed by atoms with van der Waals surface area (Å²) in [5.74, 6) is -0.816. The van der Waals surface area contributed by atoms with E-state index < -0.39 is 5.97 Å². The lowest BCUT2D eigenvalue weighted by molar-refractivity contribution is -0.138. The molecule has 0 bridgehead atoms. The quantitative estimate of drug-likeness (QED) is 0.904. The Morgan fingerprint density at radius 2 is 2.18 bits per heavy atom. The first kappa shape index (κ1) is 14.5. The fourth-order valence-corrected chi connectivity index (χ4v) is 2.27. The van der Waals surface area contributed by atoms with Gasteiger partial charge >= 0.3 is 5.97 Å². The highest BCUT2D eigenvalue weighted by Crippen LogP contribution is 2.23. The molecular formula is C12H15BrClNO2. The Kier molecular flexibility index (Phi) is 5.43. The Bertz CT molecular complexity index is 409. The average Bonchev–Trinajstić information content (AvgIpc) is 2.19. The van der Waals surface area contributed by atoms with E-state index in [4.69, 9.17) is 16.7 Å². The number of carboxylic acids is 1. The van der Waals surface area contributed by atoms with Gasteiger partial charge in [0.15, 0.2) is 0 Å². The smallest absolute Gasteiger partial charge is 0.317 e. The number of hydrogen-bond donors (Lipinski definition) is 1. The summed E-state index contributed by atoms with van der Waals surface area (Å²) in [7, 11) is 0. The van der Waals surface area contributed by atoms with E-state index in [1.807, 2.05) is 30.9 Å². The summed E-state index contributed by atoms with van der Waals surface area (Å²) in [6.45, 7) is 4.58. The minimum Gasteiger partial charge on any atom is -0.480 e. The van der Waals surface area contributed by atoms with Gasteiger partial charge in [0, 0.05) is 22.1 Å². The van der Waals surface area contributed by atoms with Crippen LogP contribution in [0.2, 0.25) is 5.02 Å². The van der Waals surface area contributed by atoms with Crippen LogP contribution in [-0.2, 0) is 11.3 Å². The lowest BCUT2D eigenvalue weighted by atomic mass is 10.2. The third-order valence-electron chi connectivity index (χ3n) is 2.46. The molecule has 1 N–H and O–H groups in total. The molecule has 0 unspecified atom stereocenters. The Hall–Kier alpha value is -0.580. The van der Waals surface area contributed by atoms with Gasteiger partial charge in [0.25, 0.3) is 0 Å². The van der Waals surface area contributed by atoms with Crippen molar-refractivity contribution in [3.05, 3.63) is 33.3 Å². The van der Waals surface area contributed by atoms with E-state index in [0.29, 0.717) is 11.6 Å². The zero-order valence-electron chi connectivity index (χ0n) is 9.78. The molecule has 5 heteroatoms. The van der Waals surface area contributed by atoms with Crippen LogP contribution in [0.1, 0.15) is 19.4 Å². The first-order valence-electron chi connectivity index (χ1n) is 5.30. The minimum atomic E-state index is -0.816. The lowest BCUT2D eigenvalue weighted by Gasteiger charge is -2.25. The van der Waals surface area contributed by atoms with Crippen molar-refractivity contribution in [2.24, 2.45) is 0 Å². The van der Waals surface area contributed by atoms with E-state index in [0.717, 1.165) is 10.0 Å². The van der Waals surface area contributed by atoms with Crippen molar-refractivity contribution in [3.8, 4) is 0 Å². The number of aliphatic carboxylic acids is 1. The first-order chi connectivity index (χ1) is 7.90. The molecular weight excluding hydrogens is 305 g/mol. The van der Waals surface area contributed by atoms with Crippen LogP contribution < -0.4 is 0 Å². The predicted octanol–water partition coefficient (Wildman–Crippen LogP) is 3.40. The van der Waals surface area contributed by atoms with Crippen molar-refractivity contribution in [2.45, 2.75) is 26.4 Å². The SMILES string of the molecule is CC(C)N(CC(=O)O)Cc1ccc(Cl)cc1Br. The molecule has 0 saturated carbocycles. The number of nitrogens with zero attached hydrogens (tertiary/aromatic N) is 1. The van der Waals surface area contributed by atoms with Crippen LogP contribution in [0.3, 0.4) is 0 Å². The van der Waals surface area contributed by atoms with Crippen molar-refractivity contribution >= 4 is 33.5 Å². The van der Waals surface area contributed by atoms with Gasteiger partial charge in [-0.05, 0) is 31.5 Å². The number of carbonyl (C=O) groups is 1. The highest BCUT2D eigenvalue weighted by Gasteiger charge is 2.15. The molecule has 94 valence electrons. The van der Waals surface area contributed by atoms with E-state index in [1.54, 1.807) is 6.07 Å². The topological polar surface area (TPSA) is 40.5 Å². The molecule has 0 aliphatic rings. The summed E-state index contributed by atoms with van der Waals surface area (Å²) >= 11 is 9.30. The van der Waals surface area contributed by atoms with Gasteiger partial charge in [0.05, 0.1) is 6.54 Å². The van der Waals surface area contributed by atoms with Crippen LogP contribution in [0, 0.1) is 0 Å². The normalized spacial score (nSPS) is 11.2. The van der Waals surface area contributed by atoms with Gasteiger partial charge < -0.3 is 5.11 Å². The molecule has 1 aromatic carbocycles. The number of benzene rings is 1. The van der Waals surface area contributed by atoms with E-state index >= 15 is 0 Å². The van der Waals surface area contributed by atoms with Crippen molar-refractivity contribution < 1.29 is 9.90 Å². The third-order valence-corrected chi connectivity index (χ3v) is 3.43. The highest BCUT2D eigenvalue weighted by atomic mass is 79.9. The summed E-state index contributed by atoms with van der Waals surface area (Å²) in [5.41, 5.74) is 1.03. The van der Waals surface area contributed by atoms with Gasteiger partial charge in [-0.25, -0.2) is 0 Å². The average molecular weight is 321 g/mol. The summed E-state index contributed by atoms with van der Waals surface area (Å²) in [4.78, 5) is 12.7. The Balaban J connectivity index is 2.82. The van der Waals surface area contributed by atoms with Gasteiger partial charge in [-0.3, -0.25) is 9.69 Å². The molecule has 1 rings (SSSR count). The second-order valence-corrected chi connectivity index (χ2v) is 5.42. The molecule has 0 heterocycles. The molecule has 0 aromatic heterocycles. The monoisotopic (exact) mass is 319 g/mol. The summed E-state index contributed by atoms with van der Waals surface area (Å²) in [5, 5.41) is 9.51. The highest BCUT2D eigenvalue weighted by molar-refractivity contribution is 9.10. The molecule has 0 aliphatic carbocycles. The second-order valence-electron chi connectivity index (χ2n) is 4.13. The van der Waals surface area contributed by atoms with E-state index in [-0.39, 0.29) is 12.6 Å². The summed E-state index contributed by atoms with van der Waals surface area (Å²) in [6, 6.07) is 5.70. The molecule has 0 fully saturated rings. The molecule has 1 aromatic rings. The molecule has 17 heavy (non-hydrogen) atoms. The van der Waals surface area contributed by atoms with E-state index in [2.05, 4.69) is 15.9 Å². The Morgan fingerprint density at radius 3 is 2.65 bits per heavy atom. The van der Waals surface area contributed by atoms with E-state index in [9.17, 15) is 4.79 Å². The van der Waals surface area contributed by atoms with E-state index in [1.165, 1.54) is 0 Å². The molecule has 0 radical (unpaired) electrons. The maximum absolute atomic E-state index is 10.8. The van der Waals surface area contributed by atoms with Crippen LogP contribution in [0.25, 0.3) is 0 Å². The van der Waals surface area contributed by atoms with Gasteiger partial charge in [-0.2, -0.15) is 0 Å². The summed E-state index contributed by atoms with van der Waals surface area (Å²) in [6.07, 6.45) is 0. The number of carboxylic acid groups (broad SMARTS) is 1. The lowest BCUT2D eigenvalue weighted by Crippen LogP contribution is -2.35. The molecule has 0 spiro atoms. The third kappa shape index (κ3) is 4.66. The largest absolute Gasteiger partial charge is 0.480 e. The Morgan fingerprint density at radius 1 is 1.53 bits per heavy atom. The minimum absolute atomic E-state index is 0.0345. The van der Waals surface area contributed by atoms with Crippen molar-refractivity contribution in [3.63, 3.8) is 0 Å². The molecule has 0 aliphatic heterocycles. The van der Waals surface area contributed by atoms with Crippen molar-refractivity contribution in [2.75, 3.05) is 6.54 Å². The van der Waals surface area contributed by atoms with Gasteiger partial charge in [0.1, 0.15) is 0 Å². The summed E-state index contributed by atoms with van der Waals surface area (Å²) < 4.78 is 0.904. The van der Waals surface area contributed by atoms with Crippen LogP contribution in [0.15, 0.2) is 22.7 Å². The van der Waals surface area contributed by atoms with Crippen LogP contribution >= 0.6 is 27.5 Å². The zero-order valence-corrected chi connectivity index (χ0v) is 12.1. The van der Waals surface area contributed by atoms with Crippen LogP contribution in [0.5, 0.6) is 0 Å². The fraction of sp³-hybridized carbons (Fsp3) is 0.417. The fourth-order valence-electron chi connectivity index (χ4n) is 1.46. The Labute approximate surface area is 115 Å². The standard InChI is InChI=1S/C12H15BrClNO2/c1-8(2)15(7-12(16)17)6-9-3-4-10(14)5-11(9)13/h3-5,8H,6-7H2,1-2H3,(H,16,17). The first-order valence-corrected chi connectivity index (χ1v) is 6.47. The molecule has 0 saturated heterocycles.